The second-order valence-corrected chi connectivity index (χ2v) is 8.37. The quantitative estimate of drug-likeness (QED) is 0.753. The number of aryl methyl sites for hydroxylation is 1. The van der Waals surface area contributed by atoms with Gasteiger partial charge < -0.3 is 19.1 Å². The summed E-state index contributed by atoms with van der Waals surface area (Å²) in [5.74, 6) is -0.582. The number of nitrogens with zero attached hydrogens (tertiary/aromatic N) is 2. The van der Waals surface area contributed by atoms with Crippen LogP contribution < -0.4 is 5.46 Å². The molecule has 0 aliphatic carbocycles. The Hall–Kier alpha value is -1.44. The lowest BCUT2D eigenvalue weighted by Gasteiger charge is -2.32. The predicted octanol–water partition coefficient (Wildman–Crippen LogP) is 1.82. The van der Waals surface area contributed by atoms with Crippen molar-refractivity contribution in [3.63, 3.8) is 0 Å². The van der Waals surface area contributed by atoms with Gasteiger partial charge in [0.25, 0.3) is 5.91 Å². The number of piperazine rings is 1. The van der Waals surface area contributed by atoms with Crippen molar-refractivity contribution in [3.05, 3.63) is 29.1 Å². The van der Waals surface area contributed by atoms with E-state index in [4.69, 9.17) is 9.31 Å². The van der Waals surface area contributed by atoms with E-state index in [1.165, 1.54) is 6.07 Å². The van der Waals surface area contributed by atoms with Crippen molar-refractivity contribution in [2.45, 2.75) is 45.8 Å². The summed E-state index contributed by atoms with van der Waals surface area (Å²) < 4.78 is 26.7. The third-order valence-corrected chi connectivity index (χ3v) is 5.87. The van der Waals surface area contributed by atoms with Crippen LogP contribution in [0.5, 0.6) is 0 Å². The van der Waals surface area contributed by atoms with Gasteiger partial charge in [0.05, 0.1) is 11.2 Å². The van der Waals surface area contributed by atoms with E-state index in [1.54, 1.807) is 11.0 Å². The second kappa shape index (κ2) is 6.62. The number of benzene rings is 1. The predicted molar refractivity (Wildman–Crippen MR) is 100 cm³/mol. The maximum Gasteiger partial charge on any atom is 0.497 e. The van der Waals surface area contributed by atoms with Gasteiger partial charge in [-0.25, -0.2) is 4.39 Å². The lowest BCUT2D eigenvalue weighted by molar-refractivity contribution is 0.00578. The number of halogens is 1. The SMILES string of the molecule is Cc1cc(B2OC(C)(C)C(C)(C)O2)c(F)cc1C(=O)N1CCN(C)CC1. The zero-order chi connectivity index (χ0) is 19.3. The molecule has 1 aromatic carbocycles. The van der Waals surface area contributed by atoms with Crippen molar-refractivity contribution < 1.29 is 18.5 Å². The molecule has 26 heavy (non-hydrogen) atoms. The molecule has 0 N–H and O–H groups in total. The molecule has 2 aliphatic rings. The lowest BCUT2D eigenvalue weighted by atomic mass is 9.77. The average Bonchev–Trinajstić information content (AvgIpc) is 2.77. The number of rotatable bonds is 2. The van der Waals surface area contributed by atoms with E-state index in [2.05, 4.69) is 4.90 Å². The summed E-state index contributed by atoms with van der Waals surface area (Å²) in [6.45, 7) is 12.6. The third kappa shape index (κ3) is 3.40. The van der Waals surface area contributed by atoms with Crippen molar-refractivity contribution in [1.82, 2.24) is 9.80 Å². The minimum Gasteiger partial charge on any atom is -0.399 e. The van der Waals surface area contributed by atoms with E-state index in [0.29, 0.717) is 24.1 Å². The van der Waals surface area contributed by atoms with E-state index in [-0.39, 0.29) is 5.91 Å². The first kappa shape index (κ1) is 19.3. The summed E-state index contributed by atoms with van der Waals surface area (Å²) in [6, 6.07) is 3.01. The zero-order valence-corrected chi connectivity index (χ0v) is 16.6. The molecule has 0 spiro atoms. The maximum atomic E-state index is 14.8. The van der Waals surface area contributed by atoms with Crippen molar-refractivity contribution in [2.75, 3.05) is 33.2 Å². The Morgan fingerprint density at radius 1 is 1.08 bits per heavy atom. The molecule has 142 valence electrons. The van der Waals surface area contributed by atoms with Crippen LogP contribution in [0.3, 0.4) is 0 Å². The van der Waals surface area contributed by atoms with Gasteiger partial charge >= 0.3 is 7.12 Å². The van der Waals surface area contributed by atoms with Crippen molar-refractivity contribution in [1.29, 1.82) is 0 Å². The van der Waals surface area contributed by atoms with Crippen LogP contribution in [0.4, 0.5) is 4.39 Å². The van der Waals surface area contributed by atoms with Crippen LogP contribution in [0, 0.1) is 12.7 Å². The van der Waals surface area contributed by atoms with Crippen molar-refractivity contribution in [3.8, 4) is 0 Å². The Morgan fingerprint density at radius 3 is 2.15 bits per heavy atom. The first-order valence-electron chi connectivity index (χ1n) is 9.15. The normalized spacial score (nSPS) is 22.7. The molecule has 0 radical (unpaired) electrons. The molecular formula is C19H28BFN2O3. The topological polar surface area (TPSA) is 42.0 Å². The molecule has 2 fully saturated rings. The molecule has 5 nitrogen and oxygen atoms in total. The van der Waals surface area contributed by atoms with Crippen LogP contribution in [0.1, 0.15) is 43.6 Å². The van der Waals surface area contributed by atoms with E-state index >= 15 is 0 Å². The molecular weight excluding hydrogens is 334 g/mol. The van der Waals surface area contributed by atoms with Crippen molar-refractivity contribution in [2.24, 2.45) is 0 Å². The van der Waals surface area contributed by atoms with Gasteiger partial charge in [-0.1, -0.05) is 6.07 Å². The minimum absolute atomic E-state index is 0.116. The Morgan fingerprint density at radius 2 is 1.62 bits per heavy atom. The molecule has 2 heterocycles. The molecule has 1 amide bonds. The molecule has 3 rings (SSSR count). The summed E-state index contributed by atoms with van der Waals surface area (Å²) in [4.78, 5) is 16.8. The summed E-state index contributed by atoms with van der Waals surface area (Å²) in [5.41, 5.74) is 0.419. The van der Waals surface area contributed by atoms with E-state index < -0.39 is 24.1 Å². The van der Waals surface area contributed by atoms with Gasteiger partial charge in [-0.2, -0.15) is 0 Å². The number of hydrogen-bond acceptors (Lipinski definition) is 4. The number of likely N-dealkylation sites (N-methyl/N-ethyl adjacent to an activating group) is 1. The van der Waals surface area contributed by atoms with Gasteiger partial charge in [0, 0.05) is 37.2 Å². The highest BCUT2D eigenvalue weighted by molar-refractivity contribution is 6.62. The van der Waals surface area contributed by atoms with E-state index in [9.17, 15) is 9.18 Å². The molecule has 0 aromatic heterocycles. The summed E-state index contributed by atoms with van der Waals surface area (Å²) >= 11 is 0. The number of hydrogen-bond donors (Lipinski definition) is 0. The van der Waals surface area contributed by atoms with Crippen LogP contribution in [-0.4, -0.2) is 67.3 Å². The fourth-order valence-electron chi connectivity index (χ4n) is 3.26. The standard InChI is InChI=1S/C19H28BFN2O3/c1-13-11-15(20-25-18(2,3)19(4,5)26-20)16(21)12-14(13)17(24)23-9-7-22(6)8-10-23/h11-12H,7-10H2,1-6H3. The number of amides is 1. The molecule has 0 bridgehead atoms. The summed E-state index contributed by atoms with van der Waals surface area (Å²) in [5, 5.41) is 0. The molecule has 1 aromatic rings. The Bertz CT molecular complexity index is 699. The highest BCUT2D eigenvalue weighted by Crippen LogP contribution is 2.36. The Balaban J connectivity index is 1.84. The van der Waals surface area contributed by atoms with Gasteiger partial charge in [-0.3, -0.25) is 4.79 Å². The molecule has 0 unspecified atom stereocenters. The van der Waals surface area contributed by atoms with Crippen LogP contribution in [-0.2, 0) is 9.31 Å². The van der Waals surface area contributed by atoms with Gasteiger partial charge in [-0.05, 0) is 53.3 Å². The molecule has 0 atom stereocenters. The van der Waals surface area contributed by atoms with Crippen LogP contribution in [0.25, 0.3) is 0 Å². The largest absolute Gasteiger partial charge is 0.497 e. The molecule has 2 saturated heterocycles. The molecule has 7 heteroatoms. The van der Waals surface area contributed by atoms with Gasteiger partial charge in [0.15, 0.2) is 0 Å². The summed E-state index contributed by atoms with van der Waals surface area (Å²) in [6.07, 6.45) is 0. The van der Waals surface area contributed by atoms with Crippen LogP contribution in [0.2, 0.25) is 0 Å². The second-order valence-electron chi connectivity index (χ2n) is 8.37. The maximum absolute atomic E-state index is 14.8. The Kier molecular flexibility index (Phi) is 4.92. The Labute approximate surface area is 155 Å². The zero-order valence-electron chi connectivity index (χ0n) is 16.6. The first-order chi connectivity index (χ1) is 12.0. The first-order valence-corrected chi connectivity index (χ1v) is 9.15. The van der Waals surface area contributed by atoms with Gasteiger partial charge in [0.2, 0.25) is 0 Å². The molecule has 0 saturated carbocycles. The number of carbonyl (C=O) groups is 1. The smallest absolute Gasteiger partial charge is 0.399 e. The van der Waals surface area contributed by atoms with Gasteiger partial charge in [-0.15, -0.1) is 0 Å². The fourth-order valence-corrected chi connectivity index (χ4v) is 3.26. The highest BCUT2D eigenvalue weighted by Gasteiger charge is 2.52. The minimum atomic E-state index is -0.772. The highest BCUT2D eigenvalue weighted by atomic mass is 19.1. The van der Waals surface area contributed by atoms with Crippen molar-refractivity contribution >= 4 is 18.5 Å². The summed E-state index contributed by atoms with van der Waals surface area (Å²) in [7, 11) is 1.26. The van der Waals surface area contributed by atoms with Crippen LogP contribution >= 0.6 is 0 Å². The number of carbonyl (C=O) groups excluding carboxylic acids is 1. The lowest BCUT2D eigenvalue weighted by Crippen LogP contribution is -2.47. The monoisotopic (exact) mass is 362 g/mol. The average molecular weight is 362 g/mol. The fraction of sp³-hybridized carbons (Fsp3) is 0.632. The third-order valence-electron chi connectivity index (χ3n) is 5.87. The van der Waals surface area contributed by atoms with E-state index in [1.807, 2.05) is 41.7 Å². The van der Waals surface area contributed by atoms with Crippen LogP contribution in [0.15, 0.2) is 12.1 Å². The van der Waals surface area contributed by atoms with E-state index in [0.717, 1.165) is 18.7 Å². The molecule has 2 aliphatic heterocycles. The van der Waals surface area contributed by atoms with Gasteiger partial charge in [0.1, 0.15) is 5.82 Å².